The Labute approximate surface area is 76.9 Å². The normalized spacial score (nSPS) is 39.8. The second kappa shape index (κ2) is 4.86. The summed E-state index contributed by atoms with van der Waals surface area (Å²) >= 11 is 0. The third kappa shape index (κ3) is 2.22. The standard InChI is InChI=1S/C9H17N.C2H6/c1-7-2-3-8-5-10-6-9(8)4-7;1-2/h7-10H,2-6H2,1H3;1-2H3. The zero-order chi connectivity index (χ0) is 8.97. The van der Waals surface area contributed by atoms with Crippen LogP contribution in [0.15, 0.2) is 0 Å². The van der Waals surface area contributed by atoms with Gasteiger partial charge in [0.05, 0.1) is 0 Å². The number of hydrogen-bond acceptors (Lipinski definition) is 1. The molecule has 1 aliphatic carbocycles. The van der Waals surface area contributed by atoms with Crippen molar-refractivity contribution in [2.75, 3.05) is 13.1 Å². The van der Waals surface area contributed by atoms with Gasteiger partial charge in [0.25, 0.3) is 0 Å². The third-order valence-corrected chi connectivity index (χ3v) is 3.22. The molecule has 0 aromatic carbocycles. The van der Waals surface area contributed by atoms with Gasteiger partial charge in [-0.1, -0.05) is 27.2 Å². The molecule has 1 N–H and O–H groups in total. The maximum Gasteiger partial charge on any atom is -0.00172 e. The smallest absolute Gasteiger partial charge is 0.00172 e. The minimum Gasteiger partial charge on any atom is -0.316 e. The van der Waals surface area contributed by atoms with Crippen molar-refractivity contribution in [1.29, 1.82) is 0 Å². The first-order valence-electron chi connectivity index (χ1n) is 5.57. The number of fused-ring (bicyclic) bond motifs is 1. The van der Waals surface area contributed by atoms with E-state index in [1.807, 2.05) is 13.8 Å². The van der Waals surface area contributed by atoms with Gasteiger partial charge in [0.1, 0.15) is 0 Å². The highest BCUT2D eigenvalue weighted by Crippen LogP contribution is 2.35. The summed E-state index contributed by atoms with van der Waals surface area (Å²) in [6.07, 6.45) is 4.44. The zero-order valence-corrected chi connectivity index (χ0v) is 8.77. The van der Waals surface area contributed by atoms with E-state index in [4.69, 9.17) is 0 Å². The second-order valence-corrected chi connectivity index (χ2v) is 4.10. The van der Waals surface area contributed by atoms with Crippen LogP contribution in [-0.2, 0) is 0 Å². The van der Waals surface area contributed by atoms with Crippen LogP contribution in [-0.4, -0.2) is 13.1 Å². The summed E-state index contributed by atoms with van der Waals surface area (Å²) in [6, 6.07) is 0. The molecule has 2 aliphatic rings. The predicted octanol–water partition coefficient (Wildman–Crippen LogP) is 2.67. The lowest BCUT2D eigenvalue weighted by Crippen LogP contribution is -2.21. The van der Waals surface area contributed by atoms with Crippen molar-refractivity contribution in [3.63, 3.8) is 0 Å². The molecule has 72 valence electrons. The Bertz CT molecular complexity index is 122. The molecule has 0 bridgehead atoms. The lowest BCUT2D eigenvalue weighted by molar-refractivity contribution is 0.238. The Morgan fingerprint density at radius 3 is 2.42 bits per heavy atom. The molecule has 1 aliphatic heterocycles. The Kier molecular flexibility index (Phi) is 4.07. The average molecular weight is 169 g/mol. The highest BCUT2D eigenvalue weighted by molar-refractivity contribution is 4.86. The Morgan fingerprint density at radius 1 is 1.00 bits per heavy atom. The highest BCUT2D eigenvalue weighted by Gasteiger charge is 2.31. The quantitative estimate of drug-likeness (QED) is 0.588. The molecule has 3 unspecified atom stereocenters. The van der Waals surface area contributed by atoms with Gasteiger partial charge >= 0.3 is 0 Å². The van der Waals surface area contributed by atoms with E-state index >= 15 is 0 Å². The summed E-state index contributed by atoms with van der Waals surface area (Å²) in [5.74, 6) is 3.07. The zero-order valence-electron chi connectivity index (χ0n) is 8.77. The van der Waals surface area contributed by atoms with Gasteiger partial charge in [-0.2, -0.15) is 0 Å². The van der Waals surface area contributed by atoms with Gasteiger partial charge in [-0.3, -0.25) is 0 Å². The van der Waals surface area contributed by atoms with Crippen LogP contribution in [0.1, 0.15) is 40.0 Å². The molecule has 1 heteroatoms. The van der Waals surface area contributed by atoms with Crippen LogP contribution in [0.5, 0.6) is 0 Å². The first-order chi connectivity index (χ1) is 5.86. The van der Waals surface area contributed by atoms with E-state index in [1.54, 1.807) is 0 Å². The fraction of sp³-hybridized carbons (Fsp3) is 1.00. The van der Waals surface area contributed by atoms with Crippen LogP contribution < -0.4 is 5.32 Å². The van der Waals surface area contributed by atoms with Crippen molar-refractivity contribution < 1.29 is 0 Å². The van der Waals surface area contributed by atoms with Crippen LogP contribution in [0.4, 0.5) is 0 Å². The number of nitrogens with one attached hydrogen (secondary N) is 1. The molecular formula is C11H23N. The summed E-state index contributed by atoms with van der Waals surface area (Å²) in [4.78, 5) is 0. The summed E-state index contributed by atoms with van der Waals surface area (Å²) in [6.45, 7) is 9.00. The maximum absolute atomic E-state index is 3.48. The van der Waals surface area contributed by atoms with E-state index in [0.29, 0.717) is 0 Å². The molecular weight excluding hydrogens is 146 g/mol. The maximum atomic E-state index is 3.48. The fourth-order valence-corrected chi connectivity index (χ4v) is 2.53. The van der Waals surface area contributed by atoms with Crippen LogP contribution in [0.25, 0.3) is 0 Å². The lowest BCUT2D eigenvalue weighted by Gasteiger charge is -2.28. The van der Waals surface area contributed by atoms with Gasteiger partial charge in [0, 0.05) is 0 Å². The first-order valence-corrected chi connectivity index (χ1v) is 5.57. The molecule has 1 saturated heterocycles. The molecule has 0 amide bonds. The minimum atomic E-state index is 1.00. The Balaban J connectivity index is 0.000000336. The van der Waals surface area contributed by atoms with Crippen molar-refractivity contribution in [3.8, 4) is 0 Å². The molecule has 2 rings (SSSR count). The highest BCUT2D eigenvalue weighted by atomic mass is 14.9. The van der Waals surface area contributed by atoms with Gasteiger partial charge < -0.3 is 5.32 Å². The monoisotopic (exact) mass is 169 g/mol. The molecule has 1 nitrogen and oxygen atoms in total. The predicted molar refractivity (Wildman–Crippen MR) is 54.2 cm³/mol. The molecule has 0 aromatic heterocycles. The summed E-state index contributed by atoms with van der Waals surface area (Å²) in [5.41, 5.74) is 0. The topological polar surface area (TPSA) is 12.0 Å². The fourth-order valence-electron chi connectivity index (χ4n) is 2.53. The molecule has 0 aromatic rings. The summed E-state index contributed by atoms with van der Waals surface area (Å²) in [5, 5.41) is 3.48. The van der Waals surface area contributed by atoms with E-state index in [0.717, 1.165) is 17.8 Å². The molecule has 1 saturated carbocycles. The van der Waals surface area contributed by atoms with E-state index < -0.39 is 0 Å². The molecule has 1 heterocycles. The van der Waals surface area contributed by atoms with Crippen LogP contribution in [0.2, 0.25) is 0 Å². The van der Waals surface area contributed by atoms with E-state index in [-0.39, 0.29) is 0 Å². The molecule has 0 spiro atoms. The van der Waals surface area contributed by atoms with Crippen LogP contribution >= 0.6 is 0 Å². The van der Waals surface area contributed by atoms with Crippen molar-refractivity contribution in [3.05, 3.63) is 0 Å². The van der Waals surface area contributed by atoms with Gasteiger partial charge in [-0.15, -0.1) is 0 Å². The van der Waals surface area contributed by atoms with Crippen molar-refractivity contribution in [2.45, 2.75) is 40.0 Å². The van der Waals surface area contributed by atoms with Crippen molar-refractivity contribution in [2.24, 2.45) is 17.8 Å². The van der Waals surface area contributed by atoms with E-state index in [1.165, 1.54) is 32.4 Å². The minimum absolute atomic E-state index is 1.00. The van der Waals surface area contributed by atoms with Crippen LogP contribution in [0, 0.1) is 17.8 Å². The van der Waals surface area contributed by atoms with Gasteiger partial charge in [-0.25, -0.2) is 0 Å². The average Bonchev–Trinajstić information content (AvgIpc) is 2.54. The van der Waals surface area contributed by atoms with Gasteiger partial charge in [0.2, 0.25) is 0 Å². The molecule has 2 fully saturated rings. The van der Waals surface area contributed by atoms with E-state index in [2.05, 4.69) is 12.2 Å². The largest absolute Gasteiger partial charge is 0.316 e. The Morgan fingerprint density at radius 2 is 1.67 bits per heavy atom. The van der Waals surface area contributed by atoms with Gasteiger partial charge in [-0.05, 0) is 43.7 Å². The molecule has 0 radical (unpaired) electrons. The van der Waals surface area contributed by atoms with Gasteiger partial charge in [0.15, 0.2) is 0 Å². The summed E-state index contributed by atoms with van der Waals surface area (Å²) < 4.78 is 0. The van der Waals surface area contributed by atoms with Crippen molar-refractivity contribution in [1.82, 2.24) is 5.32 Å². The number of hydrogen-bond donors (Lipinski definition) is 1. The third-order valence-electron chi connectivity index (χ3n) is 3.22. The summed E-state index contributed by atoms with van der Waals surface area (Å²) in [7, 11) is 0. The number of rotatable bonds is 0. The van der Waals surface area contributed by atoms with Crippen LogP contribution in [0.3, 0.4) is 0 Å². The molecule has 12 heavy (non-hydrogen) atoms. The molecule has 3 atom stereocenters. The lowest BCUT2D eigenvalue weighted by atomic mass is 9.77. The van der Waals surface area contributed by atoms with Crippen molar-refractivity contribution >= 4 is 0 Å². The first kappa shape index (κ1) is 10.0. The van der Waals surface area contributed by atoms with E-state index in [9.17, 15) is 0 Å². The Hall–Kier alpha value is -0.0400. The second-order valence-electron chi connectivity index (χ2n) is 4.10. The SMILES string of the molecule is CC.CC1CCC2CNCC2C1.